The van der Waals surface area contributed by atoms with Gasteiger partial charge in [0.2, 0.25) is 0 Å². The van der Waals surface area contributed by atoms with Crippen molar-refractivity contribution in [3.63, 3.8) is 0 Å². The fourth-order valence-electron chi connectivity index (χ4n) is 2.82. The quantitative estimate of drug-likeness (QED) is 0.186. The maximum absolute atomic E-state index is 12.9. The van der Waals surface area contributed by atoms with Gasteiger partial charge in [0.15, 0.2) is 5.60 Å². The molecule has 8 heteroatoms. The lowest BCUT2D eigenvalue weighted by Crippen LogP contribution is -2.51. The average Bonchev–Trinajstić information content (AvgIpc) is 3.54. The van der Waals surface area contributed by atoms with Crippen LogP contribution in [0.4, 0.5) is 0 Å². The lowest BCUT2D eigenvalue weighted by molar-refractivity contribution is -0.197. The molecule has 0 aromatic rings. The molecule has 0 aromatic carbocycles. The van der Waals surface area contributed by atoms with E-state index in [-0.39, 0.29) is 25.8 Å². The smallest absolute Gasteiger partial charge is 0.312 e. The largest absolute Gasteiger partial charge is 0.451 e. The van der Waals surface area contributed by atoms with Gasteiger partial charge in [-0.3, -0.25) is 4.79 Å². The van der Waals surface area contributed by atoms with Crippen molar-refractivity contribution < 1.29 is 38.0 Å². The molecule has 0 amide bonds. The monoisotopic (exact) mass is 430 g/mol. The molecule has 3 aliphatic heterocycles. The molecule has 0 aliphatic carbocycles. The van der Waals surface area contributed by atoms with Gasteiger partial charge in [-0.15, -0.1) is 0 Å². The van der Waals surface area contributed by atoms with Crippen molar-refractivity contribution in [2.24, 2.45) is 5.41 Å². The molecule has 30 heavy (non-hydrogen) atoms. The third-order valence-corrected chi connectivity index (χ3v) is 5.80. The van der Waals surface area contributed by atoms with Crippen molar-refractivity contribution in [3.8, 4) is 0 Å². The van der Waals surface area contributed by atoms with Gasteiger partial charge in [0.25, 0.3) is 0 Å². The molecule has 3 heterocycles. The minimum Gasteiger partial charge on any atom is -0.451 e. The summed E-state index contributed by atoms with van der Waals surface area (Å²) in [6.07, 6.45) is 4.09. The van der Waals surface area contributed by atoms with Gasteiger partial charge < -0.3 is 33.2 Å². The summed E-state index contributed by atoms with van der Waals surface area (Å²) in [5, 5.41) is 0. The summed E-state index contributed by atoms with van der Waals surface area (Å²) in [5.41, 5.74) is -1.57. The van der Waals surface area contributed by atoms with Gasteiger partial charge in [-0.25, -0.2) is 0 Å². The first-order valence-corrected chi connectivity index (χ1v) is 11.2. The van der Waals surface area contributed by atoms with Crippen molar-refractivity contribution in [2.45, 2.75) is 70.4 Å². The highest BCUT2D eigenvalue weighted by atomic mass is 16.6. The van der Waals surface area contributed by atoms with Crippen LogP contribution in [-0.2, 0) is 38.0 Å². The molecular weight excluding hydrogens is 392 g/mol. The number of carbonyl (C=O) groups is 1. The first-order valence-electron chi connectivity index (χ1n) is 11.2. The number of hydrogen-bond donors (Lipinski definition) is 0. The normalized spacial score (nSPS) is 26.8. The molecule has 3 saturated heterocycles. The van der Waals surface area contributed by atoms with Crippen LogP contribution in [0, 0.1) is 5.41 Å². The molecule has 0 bridgehead atoms. The molecule has 0 aromatic heterocycles. The highest BCUT2D eigenvalue weighted by molar-refractivity contribution is 5.76. The number of esters is 1. The fraction of sp³-hybridized carbons (Fsp3) is 0.955. The van der Waals surface area contributed by atoms with Gasteiger partial charge in [0, 0.05) is 19.8 Å². The van der Waals surface area contributed by atoms with Crippen LogP contribution < -0.4 is 0 Å². The second-order valence-electron chi connectivity index (χ2n) is 9.20. The molecule has 0 N–H and O–H groups in total. The van der Waals surface area contributed by atoms with Crippen LogP contribution in [0.25, 0.3) is 0 Å². The Morgan fingerprint density at radius 2 is 1.17 bits per heavy atom. The number of hydrogen-bond acceptors (Lipinski definition) is 8. The summed E-state index contributed by atoms with van der Waals surface area (Å²) in [7, 11) is 0. The van der Waals surface area contributed by atoms with Gasteiger partial charge in [-0.05, 0) is 39.5 Å². The predicted molar refractivity (Wildman–Crippen MR) is 108 cm³/mol. The summed E-state index contributed by atoms with van der Waals surface area (Å²) >= 11 is 0. The molecule has 0 spiro atoms. The maximum atomic E-state index is 12.9. The fourth-order valence-corrected chi connectivity index (χ4v) is 2.82. The second kappa shape index (κ2) is 11.2. The molecule has 3 atom stereocenters. The summed E-state index contributed by atoms with van der Waals surface area (Å²) in [5.74, 6) is -0.262. The van der Waals surface area contributed by atoms with Crippen molar-refractivity contribution in [2.75, 3.05) is 59.5 Å². The van der Waals surface area contributed by atoms with E-state index in [1.165, 1.54) is 0 Å². The van der Waals surface area contributed by atoms with E-state index in [2.05, 4.69) is 0 Å². The molecule has 0 saturated carbocycles. The molecule has 3 unspecified atom stereocenters. The van der Waals surface area contributed by atoms with E-state index in [0.717, 1.165) is 39.1 Å². The average molecular weight is 431 g/mol. The SMILES string of the molecule is CCC(C)(C)C(=O)OC(COCCC1CO1)(COCCC1CO1)COCCC1CO1. The number of carbonyl (C=O) groups excluding carboxylic acids is 1. The Hall–Kier alpha value is -0.770. The highest BCUT2D eigenvalue weighted by Crippen LogP contribution is 2.27. The van der Waals surface area contributed by atoms with E-state index in [1.54, 1.807) is 0 Å². The van der Waals surface area contributed by atoms with Crippen LogP contribution in [0.3, 0.4) is 0 Å². The van der Waals surface area contributed by atoms with E-state index in [4.69, 9.17) is 33.2 Å². The first-order chi connectivity index (χ1) is 14.4. The third kappa shape index (κ3) is 8.77. The third-order valence-electron chi connectivity index (χ3n) is 5.80. The van der Waals surface area contributed by atoms with Crippen LogP contribution >= 0.6 is 0 Å². The Labute approximate surface area is 179 Å². The lowest BCUT2D eigenvalue weighted by atomic mass is 9.90. The van der Waals surface area contributed by atoms with Crippen molar-refractivity contribution in [1.82, 2.24) is 0 Å². The van der Waals surface area contributed by atoms with Crippen molar-refractivity contribution in [3.05, 3.63) is 0 Å². The topological polar surface area (TPSA) is 91.6 Å². The van der Waals surface area contributed by atoms with Crippen molar-refractivity contribution >= 4 is 5.97 Å². The molecule has 8 nitrogen and oxygen atoms in total. The van der Waals surface area contributed by atoms with Crippen LogP contribution in [0.5, 0.6) is 0 Å². The summed E-state index contributed by atoms with van der Waals surface area (Å²) in [4.78, 5) is 12.9. The molecule has 3 fully saturated rings. The van der Waals surface area contributed by atoms with Gasteiger partial charge in [0.1, 0.15) is 0 Å². The summed E-state index contributed by atoms with van der Waals surface area (Å²) in [6, 6.07) is 0. The Balaban J connectivity index is 1.56. The van der Waals surface area contributed by atoms with Gasteiger partial charge in [-0.1, -0.05) is 6.92 Å². The zero-order valence-electron chi connectivity index (χ0n) is 18.7. The van der Waals surface area contributed by atoms with Crippen LogP contribution in [0.1, 0.15) is 46.5 Å². The zero-order valence-corrected chi connectivity index (χ0v) is 18.7. The molecular formula is C22H38O8. The summed E-state index contributed by atoms with van der Waals surface area (Å²) in [6.45, 7) is 10.5. The Kier molecular flexibility index (Phi) is 8.92. The molecule has 3 aliphatic rings. The minimum atomic E-state index is -0.983. The van der Waals surface area contributed by atoms with E-state index in [1.807, 2.05) is 20.8 Å². The van der Waals surface area contributed by atoms with Crippen LogP contribution in [0.15, 0.2) is 0 Å². The Morgan fingerprint density at radius 3 is 1.47 bits per heavy atom. The summed E-state index contributed by atoms with van der Waals surface area (Å²) < 4.78 is 39.5. The zero-order chi connectivity index (χ0) is 21.5. The highest BCUT2D eigenvalue weighted by Gasteiger charge is 2.41. The second-order valence-corrected chi connectivity index (χ2v) is 9.20. The Morgan fingerprint density at radius 1 is 0.800 bits per heavy atom. The molecule has 0 radical (unpaired) electrons. The minimum absolute atomic E-state index is 0.227. The molecule has 174 valence electrons. The van der Waals surface area contributed by atoms with Crippen LogP contribution in [0.2, 0.25) is 0 Å². The van der Waals surface area contributed by atoms with Gasteiger partial charge in [-0.2, -0.15) is 0 Å². The van der Waals surface area contributed by atoms with Crippen molar-refractivity contribution in [1.29, 1.82) is 0 Å². The van der Waals surface area contributed by atoms with Gasteiger partial charge >= 0.3 is 5.97 Å². The van der Waals surface area contributed by atoms with E-state index in [0.29, 0.717) is 44.6 Å². The lowest BCUT2D eigenvalue weighted by Gasteiger charge is -2.35. The molecule has 3 rings (SSSR count). The van der Waals surface area contributed by atoms with E-state index >= 15 is 0 Å². The standard InChI is InChI=1S/C22H38O8/c1-4-21(2,3)20(23)30-22(14-24-8-5-17-11-27-17,15-25-9-6-18-12-28-18)16-26-10-7-19-13-29-19/h17-19H,4-16H2,1-3H3. The predicted octanol–water partition coefficient (Wildman–Crippen LogP) is 2.12. The van der Waals surface area contributed by atoms with Crippen LogP contribution in [-0.4, -0.2) is 89.3 Å². The van der Waals surface area contributed by atoms with Gasteiger partial charge in [0.05, 0.1) is 63.4 Å². The van der Waals surface area contributed by atoms with E-state index < -0.39 is 11.0 Å². The number of epoxide rings is 3. The first kappa shape index (κ1) is 23.9. The number of rotatable bonds is 18. The van der Waals surface area contributed by atoms with E-state index in [9.17, 15) is 4.79 Å². The number of ether oxygens (including phenoxy) is 7. The Bertz CT molecular complexity index is 475. The maximum Gasteiger partial charge on any atom is 0.312 e.